The Morgan fingerprint density at radius 1 is 1.16 bits per heavy atom. The molecule has 0 atom stereocenters. The number of aromatic nitrogens is 3. The number of halogens is 1. The topological polar surface area (TPSA) is 157 Å². The van der Waals surface area contributed by atoms with Crippen molar-refractivity contribution in [1.82, 2.24) is 15.2 Å². The van der Waals surface area contributed by atoms with Gasteiger partial charge in [0.1, 0.15) is 4.88 Å². The van der Waals surface area contributed by atoms with Gasteiger partial charge in [0.25, 0.3) is 11.6 Å². The molecule has 1 amide bonds. The first-order valence-corrected chi connectivity index (χ1v) is 10.1. The second-order valence-corrected chi connectivity index (χ2v) is 7.90. The number of nitrogens with one attached hydrogen (secondary N) is 1. The summed E-state index contributed by atoms with van der Waals surface area (Å²) < 4.78 is 5.55. The lowest BCUT2D eigenvalue weighted by Gasteiger charge is -1.96. The van der Waals surface area contributed by atoms with E-state index in [1.165, 1.54) is 18.2 Å². The van der Waals surface area contributed by atoms with Gasteiger partial charge in [0.2, 0.25) is 11.8 Å². The highest BCUT2D eigenvalue weighted by Crippen LogP contribution is 2.35. The predicted octanol–water partition coefficient (Wildman–Crippen LogP) is 2.56. The molecule has 2 aromatic heterocycles. The van der Waals surface area contributed by atoms with Crippen LogP contribution in [0.15, 0.2) is 51.9 Å². The lowest BCUT2D eigenvalue weighted by Crippen LogP contribution is -2.23. The highest BCUT2D eigenvalue weighted by molar-refractivity contribution is 7.17. The van der Waals surface area contributed by atoms with E-state index in [1.54, 1.807) is 24.3 Å². The van der Waals surface area contributed by atoms with Crippen LogP contribution in [0, 0.1) is 10.1 Å². The van der Waals surface area contributed by atoms with Crippen molar-refractivity contribution in [2.45, 2.75) is 0 Å². The molecule has 158 valence electrons. The average Bonchev–Trinajstić information content (AvgIpc) is 3.45. The first-order valence-electron chi connectivity index (χ1n) is 8.87. The minimum atomic E-state index is -0.631. The Morgan fingerprint density at radius 3 is 2.69 bits per heavy atom. The monoisotopic (exact) mass is 468 g/mol. The number of carbonyl (C=O) groups excluding carboxylic acids is 1. The Balaban J connectivity index is 1.49. The highest BCUT2D eigenvalue weighted by Gasteiger charge is 2.26. The molecular formula is C19H9ClN6O5S. The Bertz CT molecular complexity index is 1530. The normalized spacial score (nSPS) is 12.5. The molecule has 4 aromatic rings. The highest BCUT2D eigenvalue weighted by atomic mass is 35.5. The average molecular weight is 469 g/mol. The van der Waals surface area contributed by atoms with Crippen LogP contribution >= 0.6 is 22.9 Å². The quantitative estimate of drug-likeness (QED) is 0.331. The zero-order chi connectivity index (χ0) is 22.4. The van der Waals surface area contributed by atoms with E-state index in [-0.39, 0.29) is 43.8 Å². The molecular weight excluding hydrogens is 460 g/mol. The number of amides is 1. The Labute approximate surface area is 186 Å². The standard InChI is InChI=1S/C19H9ClN6O5S/c20-9-3-1-8(2-4-9)17-24-25-18(31-17)23-19-22-16(28)14(32-19)13-11-7-10(26(29)30)5-6-12(11)21-15(13)27/h1-7,28H,(H,22,23,25). The zero-order valence-electron chi connectivity index (χ0n) is 15.6. The maximum atomic E-state index is 12.4. The molecule has 0 spiro atoms. The summed E-state index contributed by atoms with van der Waals surface area (Å²) in [7, 11) is 0. The van der Waals surface area contributed by atoms with Crippen molar-refractivity contribution >= 4 is 51.3 Å². The van der Waals surface area contributed by atoms with Crippen LogP contribution in [0.25, 0.3) is 17.0 Å². The van der Waals surface area contributed by atoms with Gasteiger partial charge in [-0.15, -0.1) is 5.10 Å². The van der Waals surface area contributed by atoms with E-state index in [9.17, 15) is 20.0 Å². The third kappa shape index (κ3) is 3.46. The van der Waals surface area contributed by atoms with Gasteiger partial charge in [-0.1, -0.05) is 28.0 Å². The number of hydrogen-bond donors (Lipinski definition) is 2. The number of hydrogen-bond acceptors (Lipinski definition) is 10. The Hall–Kier alpha value is -4.16. The fourth-order valence-electron chi connectivity index (χ4n) is 3.04. The number of thiazole rings is 1. The number of carbonyl (C=O) groups is 1. The van der Waals surface area contributed by atoms with Gasteiger partial charge in [-0.05, 0) is 30.3 Å². The molecule has 0 radical (unpaired) electrons. The van der Waals surface area contributed by atoms with Crippen LogP contribution in [-0.4, -0.2) is 31.1 Å². The molecule has 2 N–H and O–H groups in total. The van der Waals surface area contributed by atoms with Crippen LogP contribution in [0.3, 0.4) is 0 Å². The van der Waals surface area contributed by atoms with Gasteiger partial charge < -0.3 is 9.52 Å². The minimum Gasteiger partial charge on any atom is -0.492 e. The molecule has 0 unspecified atom stereocenters. The van der Waals surface area contributed by atoms with Crippen molar-refractivity contribution in [3.63, 3.8) is 0 Å². The summed E-state index contributed by atoms with van der Waals surface area (Å²) >= 11 is 6.81. The summed E-state index contributed by atoms with van der Waals surface area (Å²) in [6, 6.07) is 10.7. The maximum absolute atomic E-state index is 12.4. The first-order chi connectivity index (χ1) is 15.4. The van der Waals surface area contributed by atoms with E-state index < -0.39 is 16.7 Å². The molecule has 1 aliphatic heterocycles. The van der Waals surface area contributed by atoms with E-state index in [0.717, 1.165) is 11.3 Å². The molecule has 13 heteroatoms. The second kappa shape index (κ2) is 7.51. The molecule has 1 aliphatic rings. The van der Waals surface area contributed by atoms with Gasteiger partial charge in [-0.25, -0.2) is 4.99 Å². The van der Waals surface area contributed by atoms with Crippen molar-refractivity contribution in [1.29, 1.82) is 0 Å². The molecule has 0 bridgehead atoms. The number of nitro groups is 1. The summed E-state index contributed by atoms with van der Waals surface area (Å²) in [5.41, 5.74) is 0.484. The number of anilines is 2. The SMILES string of the molecule is O=C1N=c2ccc([N+](=O)[O-])cc2=C1c1sc(Nc2nnc(-c3ccc(Cl)cc3)o2)nc1O. The van der Waals surface area contributed by atoms with Gasteiger partial charge in [0, 0.05) is 27.9 Å². The molecule has 32 heavy (non-hydrogen) atoms. The third-order valence-corrected chi connectivity index (χ3v) is 5.69. The van der Waals surface area contributed by atoms with Gasteiger partial charge in [0.05, 0.1) is 15.9 Å². The number of non-ortho nitro benzene ring substituents is 1. The van der Waals surface area contributed by atoms with Gasteiger partial charge in [-0.3, -0.25) is 20.2 Å². The summed E-state index contributed by atoms with van der Waals surface area (Å²) in [6.07, 6.45) is 0. The number of nitrogens with zero attached hydrogens (tertiary/aromatic N) is 5. The summed E-state index contributed by atoms with van der Waals surface area (Å²) in [4.78, 5) is 30.9. The van der Waals surface area contributed by atoms with E-state index >= 15 is 0 Å². The lowest BCUT2D eigenvalue weighted by molar-refractivity contribution is -0.385. The molecule has 2 aromatic carbocycles. The van der Waals surface area contributed by atoms with E-state index in [2.05, 4.69) is 25.5 Å². The fourth-order valence-corrected chi connectivity index (χ4v) is 4.06. The van der Waals surface area contributed by atoms with Crippen molar-refractivity contribution in [3.05, 3.63) is 73.1 Å². The van der Waals surface area contributed by atoms with Crippen molar-refractivity contribution in [2.24, 2.45) is 4.99 Å². The number of aromatic hydroxyl groups is 1. The molecule has 0 saturated heterocycles. The Kier molecular flexibility index (Phi) is 4.64. The summed E-state index contributed by atoms with van der Waals surface area (Å²) in [5.74, 6) is -0.827. The number of benzene rings is 2. The van der Waals surface area contributed by atoms with Crippen LogP contribution in [0.4, 0.5) is 16.8 Å². The first kappa shape index (κ1) is 19.8. The van der Waals surface area contributed by atoms with Crippen LogP contribution in [0.5, 0.6) is 5.88 Å². The predicted molar refractivity (Wildman–Crippen MR) is 113 cm³/mol. The smallest absolute Gasteiger partial charge is 0.322 e. The van der Waals surface area contributed by atoms with Crippen LogP contribution in [0.1, 0.15) is 4.88 Å². The number of rotatable bonds is 5. The van der Waals surface area contributed by atoms with E-state index in [4.69, 9.17) is 16.0 Å². The van der Waals surface area contributed by atoms with Crippen molar-refractivity contribution in [2.75, 3.05) is 5.32 Å². The third-order valence-electron chi connectivity index (χ3n) is 4.46. The second-order valence-electron chi connectivity index (χ2n) is 6.47. The summed E-state index contributed by atoms with van der Waals surface area (Å²) in [6.45, 7) is 0. The number of nitro benzene ring substituents is 1. The molecule has 0 saturated carbocycles. The summed E-state index contributed by atoms with van der Waals surface area (Å²) in [5, 5.41) is 33.3. The van der Waals surface area contributed by atoms with E-state index in [1.807, 2.05) is 0 Å². The van der Waals surface area contributed by atoms with Gasteiger partial charge in [-0.2, -0.15) is 4.98 Å². The fraction of sp³-hybridized carbons (Fsp3) is 0. The number of fused-ring (bicyclic) bond motifs is 1. The van der Waals surface area contributed by atoms with E-state index in [0.29, 0.717) is 10.6 Å². The van der Waals surface area contributed by atoms with Crippen LogP contribution in [-0.2, 0) is 4.79 Å². The molecule has 11 nitrogen and oxygen atoms in total. The van der Waals surface area contributed by atoms with Gasteiger partial charge >= 0.3 is 6.01 Å². The maximum Gasteiger partial charge on any atom is 0.322 e. The molecule has 3 heterocycles. The molecule has 5 rings (SSSR count). The van der Waals surface area contributed by atoms with Crippen LogP contribution < -0.4 is 15.9 Å². The minimum absolute atomic E-state index is 0.0127. The Morgan fingerprint density at radius 2 is 1.94 bits per heavy atom. The zero-order valence-corrected chi connectivity index (χ0v) is 17.2. The van der Waals surface area contributed by atoms with Crippen molar-refractivity contribution in [3.8, 4) is 17.3 Å². The molecule has 0 fully saturated rings. The lowest BCUT2D eigenvalue weighted by atomic mass is 10.1. The van der Waals surface area contributed by atoms with Gasteiger partial charge in [0.15, 0.2) is 5.13 Å². The van der Waals surface area contributed by atoms with Crippen LogP contribution in [0.2, 0.25) is 5.02 Å². The molecule has 0 aliphatic carbocycles. The van der Waals surface area contributed by atoms with Crippen molar-refractivity contribution < 1.29 is 19.2 Å². The largest absolute Gasteiger partial charge is 0.492 e.